The van der Waals surface area contributed by atoms with Crippen LogP contribution in [0, 0.1) is 0 Å². The van der Waals surface area contributed by atoms with Gasteiger partial charge in [-0.25, -0.2) is 0 Å². The van der Waals surface area contributed by atoms with Crippen molar-refractivity contribution in [1.82, 2.24) is 4.57 Å². The van der Waals surface area contributed by atoms with E-state index in [-0.39, 0.29) is 0 Å². The molecule has 0 fully saturated rings. The zero-order valence-electron chi connectivity index (χ0n) is 31.3. The van der Waals surface area contributed by atoms with Crippen LogP contribution < -0.4 is 4.90 Å². The van der Waals surface area contributed by atoms with E-state index in [9.17, 15) is 0 Å². The molecule has 0 aliphatic rings. The van der Waals surface area contributed by atoms with Crippen molar-refractivity contribution in [3.05, 3.63) is 206 Å². The number of thiophene rings is 1. The Labute approximate surface area is 345 Å². The molecule has 0 amide bonds. The van der Waals surface area contributed by atoms with Gasteiger partial charge in [0.05, 0.1) is 11.0 Å². The minimum absolute atomic E-state index is 0.370. The maximum absolute atomic E-state index is 2.40. The summed E-state index contributed by atoms with van der Waals surface area (Å²) in [6.45, 7) is 0. The SMILES string of the molecule is c1ccc(-n2c3ccccc3c3cc(-c4ccc(N(c5ccc(-c6ccc7[se]c8ccccc8c7c6)cc5)c5ccc6c(c5)sc5ccccc56)cc4)ccc32)cc1. The maximum atomic E-state index is 2.40. The normalized spacial score (nSPS) is 11.8. The van der Waals surface area contributed by atoms with Crippen molar-refractivity contribution >= 4 is 104 Å². The molecule has 3 aromatic heterocycles. The van der Waals surface area contributed by atoms with Crippen molar-refractivity contribution in [3.8, 4) is 27.9 Å². The Morgan fingerprint density at radius 2 is 0.897 bits per heavy atom. The fourth-order valence-corrected chi connectivity index (χ4v) is 12.2. The van der Waals surface area contributed by atoms with Gasteiger partial charge < -0.3 is 4.57 Å². The number of hydrogen-bond acceptors (Lipinski definition) is 2. The van der Waals surface area contributed by atoms with Gasteiger partial charge in [-0.3, -0.25) is 0 Å². The number of rotatable bonds is 6. The molecule has 0 spiro atoms. The summed E-state index contributed by atoms with van der Waals surface area (Å²) in [7, 11) is 0. The number of hydrogen-bond donors (Lipinski definition) is 0. The minimum Gasteiger partial charge on any atom is -0.0602 e. The topological polar surface area (TPSA) is 8.17 Å². The first-order valence-corrected chi connectivity index (χ1v) is 22.2. The van der Waals surface area contributed by atoms with Gasteiger partial charge in [0, 0.05) is 31.9 Å². The molecule has 4 heteroatoms. The van der Waals surface area contributed by atoms with Crippen molar-refractivity contribution in [2.75, 3.05) is 4.90 Å². The molecule has 272 valence electrons. The van der Waals surface area contributed by atoms with Gasteiger partial charge in [-0.1, -0.05) is 60.7 Å². The van der Waals surface area contributed by atoms with Crippen LogP contribution in [-0.4, -0.2) is 19.1 Å². The monoisotopic (exact) mass is 822 g/mol. The fraction of sp³-hybridized carbons (Fsp3) is 0. The second kappa shape index (κ2) is 13.5. The summed E-state index contributed by atoms with van der Waals surface area (Å²) in [6, 6.07) is 76.1. The van der Waals surface area contributed by atoms with Crippen LogP contribution in [0.1, 0.15) is 0 Å². The van der Waals surface area contributed by atoms with Crippen LogP contribution in [0.2, 0.25) is 0 Å². The molecule has 0 radical (unpaired) electrons. The van der Waals surface area contributed by atoms with Gasteiger partial charge in [0.2, 0.25) is 0 Å². The van der Waals surface area contributed by atoms with Gasteiger partial charge in [-0.2, -0.15) is 0 Å². The summed E-state index contributed by atoms with van der Waals surface area (Å²) in [5, 5.41) is 7.91. The van der Waals surface area contributed by atoms with Gasteiger partial charge >= 0.3 is 181 Å². The van der Waals surface area contributed by atoms with Crippen molar-refractivity contribution in [1.29, 1.82) is 0 Å². The zero-order chi connectivity index (χ0) is 38.2. The Bertz CT molecular complexity index is 3500. The first kappa shape index (κ1) is 33.5. The van der Waals surface area contributed by atoms with E-state index in [0.29, 0.717) is 14.5 Å². The molecule has 58 heavy (non-hydrogen) atoms. The predicted octanol–water partition coefficient (Wildman–Crippen LogP) is 15.3. The average Bonchev–Trinajstić information content (AvgIpc) is 3.96. The van der Waals surface area contributed by atoms with Crippen LogP contribution in [0.15, 0.2) is 206 Å². The van der Waals surface area contributed by atoms with E-state index in [0.717, 1.165) is 17.1 Å². The summed E-state index contributed by atoms with van der Waals surface area (Å²) in [5.74, 6) is 0. The summed E-state index contributed by atoms with van der Waals surface area (Å²) in [6.07, 6.45) is 0. The molecule has 12 aromatic rings. The fourth-order valence-electron chi connectivity index (χ4n) is 8.82. The molecule has 0 aliphatic carbocycles. The minimum atomic E-state index is 0.370. The first-order valence-electron chi connectivity index (χ1n) is 19.7. The van der Waals surface area contributed by atoms with E-state index in [4.69, 9.17) is 0 Å². The van der Waals surface area contributed by atoms with E-state index < -0.39 is 0 Å². The summed E-state index contributed by atoms with van der Waals surface area (Å²) in [4.78, 5) is 2.40. The van der Waals surface area contributed by atoms with E-state index >= 15 is 0 Å². The number of aromatic nitrogens is 1. The van der Waals surface area contributed by atoms with Crippen molar-refractivity contribution in [2.45, 2.75) is 0 Å². The van der Waals surface area contributed by atoms with Crippen LogP contribution in [0.4, 0.5) is 17.1 Å². The van der Waals surface area contributed by atoms with Crippen LogP contribution in [0.3, 0.4) is 0 Å². The molecule has 3 heterocycles. The third-order valence-corrected chi connectivity index (χ3v) is 15.2. The van der Waals surface area contributed by atoms with E-state index in [2.05, 4.69) is 216 Å². The second-order valence-electron chi connectivity index (χ2n) is 14.9. The summed E-state index contributed by atoms with van der Waals surface area (Å²) < 4.78 is 7.93. The van der Waals surface area contributed by atoms with Crippen molar-refractivity contribution in [3.63, 3.8) is 0 Å². The Kier molecular flexibility index (Phi) is 7.77. The number of anilines is 3. The molecule has 0 N–H and O–H groups in total. The van der Waals surface area contributed by atoms with Gasteiger partial charge in [0.1, 0.15) is 0 Å². The predicted molar refractivity (Wildman–Crippen MR) is 251 cm³/mol. The number of para-hydroxylation sites is 2. The standard InChI is InChI=1S/C54H34N2SSe/c1-2-10-39(11-3-1)56-49-15-7-4-12-43(49)47-32-37(22-30-50(47)56)35-18-24-40(25-19-35)55(42-28-29-45-44-13-5-8-16-51(44)57-52(45)34-42)41-26-20-36(21-27-41)38-23-31-54-48(33-38)46-14-6-9-17-53(46)58-54/h1-34H. The van der Waals surface area contributed by atoms with Gasteiger partial charge in [0.25, 0.3) is 0 Å². The first-order chi connectivity index (χ1) is 28.7. The third kappa shape index (κ3) is 5.45. The summed E-state index contributed by atoms with van der Waals surface area (Å²) >= 11 is 2.23. The Hall–Kier alpha value is -6.68. The third-order valence-electron chi connectivity index (χ3n) is 11.6. The Morgan fingerprint density at radius 3 is 1.67 bits per heavy atom. The molecule has 12 rings (SSSR count). The quantitative estimate of drug-likeness (QED) is 0.152. The average molecular weight is 822 g/mol. The van der Waals surface area contributed by atoms with Crippen LogP contribution in [0.5, 0.6) is 0 Å². The van der Waals surface area contributed by atoms with E-state index in [1.54, 1.807) is 0 Å². The molecular formula is C54H34N2SSe. The van der Waals surface area contributed by atoms with Crippen LogP contribution in [-0.2, 0) is 0 Å². The second-order valence-corrected chi connectivity index (χ2v) is 18.3. The smallest absolute Gasteiger partial charge is 0.0602 e. The molecule has 0 bridgehead atoms. The van der Waals surface area contributed by atoms with Gasteiger partial charge in [-0.05, 0) is 47.5 Å². The van der Waals surface area contributed by atoms with Crippen molar-refractivity contribution in [2.24, 2.45) is 0 Å². The molecule has 9 aromatic carbocycles. The molecule has 0 saturated carbocycles. The Balaban J connectivity index is 0.948. The van der Waals surface area contributed by atoms with Crippen LogP contribution in [0.25, 0.3) is 89.2 Å². The molecule has 0 saturated heterocycles. The van der Waals surface area contributed by atoms with Gasteiger partial charge in [-0.15, -0.1) is 11.3 Å². The number of fused-ring (bicyclic) bond motifs is 9. The van der Waals surface area contributed by atoms with Crippen molar-refractivity contribution < 1.29 is 0 Å². The zero-order valence-corrected chi connectivity index (χ0v) is 33.9. The molecule has 0 aliphatic heterocycles. The summed E-state index contributed by atoms with van der Waals surface area (Å²) in [5.41, 5.74) is 11.9. The molecule has 2 nitrogen and oxygen atoms in total. The number of benzene rings is 9. The molecular weight excluding hydrogens is 788 g/mol. The van der Waals surface area contributed by atoms with E-state index in [1.165, 1.54) is 89.2 Å². The molecule has 0 unspecified atom stereocenters. The van der Waals surface area contributed by atoms with Gasteiger partial charge in [0.15, 0.2) is 0 Å². The number of nitrogens with zero attached hydrogens (tertiary/aromatic N) is 2. The molecule has 0 atom stereocenters. The van der Waals surface area contributed by atoms with E-state index in [1.807, 2.05) is 11.3 Å². The Morgan fingerprint density at radius 1 is 0.345 bits per heavy atom. The van der Waals surface area contributed by atoms with Crippen LogP contribution >= 0.6 is 11.3 Å².